The SMILES string of the molecule is Nc1cccc(F)c1S(=O)(=O)F. The van der Waals surface area contributed by atoms with Gasteiger partial charge < -0.3 is 5.73 Å². The molecule has 6 heteroatoms. The maximum absolute atomic E-state index is 12.6. The van der Waals surface area contributed by atoms with Crippen molar-refractivity contribution in [2.75, 3.05) is 5.73 Å². The van der Waals surface area contributed by atoms with Crippen molar-refractivity contribution in [2.24, 2.45) is 0 Å². The van der Waals surface area contributed by atoms with Gasteiger partial charge in [0.15, 0.2) is 4.90 Å². The molecule has 0 radical (unpaired) electrons. The minimum absolute atomic E-state index is 0.433. The first kappa shape index (κ1) is 8.92. The molecule has 3 nitrogen and oxygen atoms in total. The molecule has 12 heavy (non-hydrogen) atoms. The summed E-state index contributed by atoms with van der Waals surface area (Å²) in [5, 5.41) is 0. The molecule has 0 atom stereocenters. The van der Waals surface area contributed by atoms with E-state index < -0.39 is 26.6 Å². The lowest BCUT2D eigenvalue weighted by Gasteiger charge is -2.00. The Hall–Kier alpha value is -1.17. The molecule has 2 N–H and O–H groups in total. The van der Waals surface area contributed by atoms with Crippen molar-refractivity contribution in [2.45, 2.75) is 4.90 Å². The number of halogens is 2. The predicted octanol–water partition coefficient (Wildman–Crippen LogP) is 1.07. The van der Waals surface area contributed by atoms with Gasteiger partial charge in [-0.25, -0.2) is 4.39 Å². The fraction of sp³-hybridized carbons (Fsp3) is 0. The minimum atomic E-state index is -5.06. The third-order valence-corrected chi connectivity index (χ3v) is 2.16. The summed E-state index contributed by atoms with van der Waals surface area (Å²) in [6.07, 6.45) is 0. The van der Waals surface area contributed by atoms with Gasteiger partial charge in [0.05, 0.1) is 5.69 Å². The lowest BCUT2D eigenvalue weighted by molar-refractivity contribution is 0.534. The minimum Gasteiger partial charge on any atom is -0.398 e. The number of benzene rings is 1. The van der Waals surface area contributed by atoms with Crippen LogP contribution in [0.4, 0.5) is 14.0 Å². The summed E-state index contributed by atoms with van der Waals surface area (Å²) in [7, 11) is -5.06. The molecule has 0 unspecified atom stereocenters. The van der Waals surface area contributed by atoms with E-state index >= 15 is 0 Å². The van der Waals surface area contributed by atoms with Crippen molar-refractivity contribution in [3.8, 4) is 0 Å². The summed E-state index contributed by atoms with van der Waals surface area (Å²) in [4.78, 5) is -1.09. The monoisotopic (exact) mass is 193 g/mol. The van der Waals surface area contributed by atoms with Gasteiger partial charge >= 0.3 is 10.2 Å². The van der Waals surface area contributed by atoms with E-state index in [9.17, 15) is 16.7 Å². The second-order valence-corrected chi connectivity index (χ2v) is 3.38. The van der Waals surface area contributed by atoms with Gasteiger partial charge in [-0.1, -0.05) is 6.07 Å². The normalized spacial score (nSPS) is 11.5. The molecule has 0 saturated heterocycles. The first-order valence-corrected chi connectivity index (χ1v) is 4.30. The van der Waals surface area contributed by atoms with Crippen molar-refractivity contribution in [3.05, 3.63) is 24.0 Å². The van der Waals surface area contributed by atoms with E-state index in [-0.39, 0.29) is 0 Å². The number of nitrogens with two attached hydrogens (primary N) is 1. The van der Waals surface area contributed by atoms with Gasteiger partial charge in [0, 0.05) is 0 Å². The Labute approximate surface area is 68.0 Å². The molecule has 0 saturated carbocycles. The summed E-state index contributed by atoms with van der Waals surface area (Å²) >= 11 is 0. The Bertz CT molecular complexity index is 382. The summed E-state index contributed by atoms with van der Waals surface area (Å²) in [5.41, 5.74) is 4.62. The highest BCUT2D eigenvalue weighted by molar-refractivity contribution is 7.86. The molecular formula is C6H5F2NO2S. The molecule has 0 fully saturated rings. The van der Waals surface area contributed by atoms with Crippen LogP contribution in [0, 0.1) is 5.82 Å². The zero-order valence-electron chi connectivity index (χ0n) is 5.79. The number of hydrogen-bond acceptors (Lipinski definition) is 3. The van der Waals surface area contributed by atoms with Crippen LogP contribution in [0.5, 0.6) is 0 Å². The van der Waals surface area contributed by atoms with Crippen molar-refractivity contribution in [3.63, 3.8) is 0 Å². The van der Waals surface area contributed by atoms with E-state index in [1.54, 1.807) is 0 Å². The molecule has 1 aromatic rings. The largest absolute Gasteiger partial charge is 0.398 e. The van der Waals surface area contributed by atoms with Gasteiger partial charge in [-0.2, -0.15) is 8.42 Å². The van der Waals surface area contributed by atoms with Gasteiger partial charge in [0.25, 0.3) is 0 Å². The molecule has 0 aliphatic carbocycles. The maximum Gasteiger partial charge on any atom is 0.337 e. The van der Waals surface area contributed by atoms with E-state index in [2.05, 4.69) is 0 Å². The molecule has 0 amide bonds. The number of rotatable bonds is 1. The van der Waals surface area contributed by atoms with Crippen LogP contribution in [0.25, 0.3) is 0 Å². The van der Waals surface area contributed by atoms with Crippen LogP contribution >= 0.6 is 0 Å². The summed E-state index contributed by atoms with van der Waals surface area (Å²) in [5.74, 6) is -1.18. The van der Waals surface area contributed by atoms with Crippen LogP contribution in [-0.4, -0.2) is 8.42 Å². The fourth-order valence-corrected chi connectivity index (χ4v) is 1.43. The summed E-state index contributed by atoms with van der Waals surface area (Å²) < 4.78 is 45.5. The topological polar surface area (TPSA) is 60.2 Å². The second-order valence-electron chi connectivity index (χ2n) is 2.10. The van der Waals surface area contributed by atoms with Crippen LogP contribution in [-0.2, 0) is 10.2 Å². The molecule has 0 aliphatic heterocycles. The maximum atomic E-state index is 12.6. The standard InChI is InChI=1S/C6H5F2NO2S/c7-4-2-1-3-5(9)6(4)12(8,10)11/h1-3H,9H2. The molecule has 1 aromatic carbocycles. The van der Waals surface area contributed by atoms with Crippen LogP contribution in [0.15, 0.2) is 23.1 Å². The molecular weight excluding hydrogens is 188 g/mol. The predicted molar refractivity (Wildman–Crippen MR) is 39.1 cm³/mol. The molecule has 0 heterocycles. The van der Waals surface area contributed by atoms with Crippen LogP contribution in [0.1, 0.15) is 0 Å². The van der Waals surface area contributed by atoms with Crippen molar-refractivity contribution in [1.82, 2.24) is 0 Å². The van der Waals surface area contributed by atoms with Gasteiger partial charge in [-0.15, -0.1) is 3.89 Å². The van der Waals surface area contributed by atoms with Crippen LogP contribution in [0.3, 0.4) is 0 Å². The lowest BCUT2D eigenvalue weighted by Crippen LogP contribution is -2.01. The second kappa shape index (κ2) is 2.71. The first-order chi connectivity index (χ1) is 5.43. The molecule has 0 spiro atoms. The summed E-state index contributed by atoms with van der Waals surface area (Å²) in [6.45, 7) is 0. The van der Waals surface area contributed by atoms with Gasteiger partial charge in [0.2, 0.25) is 0 Å². The van der Waals surface area contributed by atoms with Crippen LogP contribution < -0.4 is 5.73 Å². The quantitative estimate of drug-likeness (QED) is 0.536. The molecule has 0 aromatic heterocycles. The van der Waals surface area contributed by atoms with Gasteiger partial charge in [-0.3, -0.25) is 0 Å². The Morgan fingerprint density at radius 1 is 1.33 bits per heavy atom. The fourth-order valence-electron chi connectivity index (χ4n) is 0.783. The zero-order valence-corrected chi connectivity index (χ0v) is 6.61. The first-order valence-electron chi connectivity index (χ1n) is 2.91. The Morgan fingerprint density at radius 2 is 1.92 bits per heavy atom. The van der Waals surface area contributed by atoms with Crippen LogP contribution in [0.2, 0.25) is 0 Å². The van der Waals surface area contributed by atoms with Crippen molar-refractivity contribution >= 4 is 15.9 Å². The Kier molecular flexibility index (Phi) is 2.01. The molecule has 0 aliphatic rings. The zero-order chi connectivity index (χ0) is 9.35. The highest BCUT2D eigenvalue weighted by Crippen LogP contribution is 2.22. The van der Waals surface area contributed by atoms with E-state index in [4.69, 9.17) is 5.73 Å². The molecule has 1 rings (SSSR count). The summed E-state index contributed by atoms with van der Waals surface area (Å²) in [6, 6.07) is 3.12. The van der Waals surface area contributed by atoms with E-state index in [1.165, 1.54) is 6.07 Å². The van der Waals surface area contributed by atoms with Gasteiger partial charge in [-0.05, 0) is 12.1 Å². The van der Waals surface area contributed by atoms with E-state index in [0.29, 0.717) is 0 Å². The Morgan fingerprint density at radius 3 is 2.25 bits per heavy atom. The number of anilines is 1. The Balaban J connectivity index is 3.53. The number of nitrogen functional groups attached to an aromatic ring is 1. The smallest absolute Gasteiger partial charge is 0.337 e. The highest BCUT2D eigenvalue weighted by Gasteiger charge is 2.20. The lowest BCUT2D eigenvalue weighted by atomic mass is 10.3. The van der Waals surface area contributed by atoms with E-state index in [0.717, 1.165) is 12.1 Å². The van der Waals surface area contributed by atoms with Crippen molar-refractivity contribution < 1.29 is 16.7 Å². The third kappa shape index (κ3) is 1.53. The molecule has 66 valence electrons. The third-order valence-electron chi connectivity index (χ3n) is 1.24. The van der Waals surface area contributed by atoms with Gasteiger partial charge in [0.1, 0.15) is 5.82 Å². The highest BCUT2D eigenvalue weighted by atomic mass is 32.3. The average molecular weight is 193 g/mol. The number of hydrogen-bond donors (Lipinski definition) is 1. The average Bonchev–Trinajstić information content (AvgIpc) is 1.82. The van der Waals surface area contributed by atoms with Crippen molar-refractivity contribution in [1.29, 1.82) is 0 Å². The molecule has 0 bridgehead atoms. The van der Waals surface area contributed by atoms with E-state index in [1.807, 2.05) is 0 Å².